The number of rotatable bonds is 6. The summed E-state index contributed by atoms with van der Waals surface area (Å²) in [4.78, 5) is 29.6. The molecule has 8 heteroatoms. The van der Waals surface area contributed by atoms with E-state index >= 15 is 0 Å². The van der Waals surface area contributed by atoms with Crippen LogP contribution in [-0.2, 0) is 16.6 Å². The second-order valence-corrected chi connectivity index (χ2v) is 8.26. The molecule has 0 spiro atoms. The van der Waals surface area contributed by atoms with Gasteiger partial charge in [-0.2, -0.15) is 5.10 Å². The minimum absolute atomic E-state index is 0.000605. The Hall–Kier alpha value is -1.60. The molecule has 0 aromatic carbocycles. The maximum atomic E-state index is 13.0. The number of amides is 2. The van der Waals surface area contributed by atoms with E-state index in [0.717, 1.165) is 38.5 Å². The van der Waals surface area contributed by atoms with Gasteiger partial charge < -0.3 is 14.5 Å². The Kier molecular flexibility index (Phi) is 6.11. The van der Waals surface area contributed by atoms with Crippen LogP contribution in [0.15, 0.2) is 6.07 Å². The van der Waals surface area contributed by atoms with Gasteiger partial charge in [-0.1, -0.05) is 18.0 Å². The molecule has 0 radical (unpaired) electrons. The van der Waals surface area contributed by atoms with E-state index in [2.05, 4.69) is 5.10 Å². The number of methoxy groups -OCH3 is 1. The van der Waals surface area contributed by atoms with E-state index in [1.54, 1.807) is 25.1 Å². The number of aryl methyl sites for hydroxylation is 1. The van der Waals surface area contributed by atoms with Gasteiger partial charge in [0.1, 0.15) is 5.15 Å². The van der Waals surface area contributed by atoms with Gasteiger partial charge in [-0.05, 0) is 32.1 Å². The molecule has 1 saturated carbocycles. The molecule has 1 saturated heterocycles. The van der Waals surface area contributed by atoms with E-state index in [1.807, 2.05) is 11.9 Å². The van der Waals surface area contributed by atoms with Crippen molar-refractivity contribution in [2.45, 2.75) is 44.6 Å². The SMILES string of the molecule is COCC1(C(=O)N(C)C[C@H]2CCCCN2C(=O)c2cc(Cl)n(C)n2)CCC1. The highest BCUT2D eigenvalue weighted by Gasteiger charge is 2.46. The molecule has 1 aromatic heterocycles. The molecule has 2 aliphatic rings. The number of hydrogen-bond donors (Lipinski definition) is 0. The zero-order chi connectivity index (χ0) is 19.6. The monoisotopic (exact) mass is 396 g/mol. The van der Waals surface area contributed by atoms with Crippen molar-refractivity contribution in [2.75, 3.05) is 33.9 Å². The van der Waals surface area contributed by atoms with Gasteiger partial charge in [-0.15, -0.1) is 0 Å². The summed E-state index contributed by atoms with van der Waals surface area (Å²) in [6.07, 6.45) is 5.74. The average Bonchev–Trinajstić information content (AvgIpc) is 2.96. The molecule has 0 N–H and O–H groups in total. The van der Waals surface area contributed by atoms with Crippen molar-refractivity contribution >= 4 is 23.4 Å². The fourth-order valence-corrected chi connectivity index (χ4v) is 4.40. The number of ether oxygens (including phenoxy) is 1. The summed E-state index contributed by atoms with van der Waals surface area (Å²) in [5.41, 5.74) is -0.0140. The van der Waals surface area contributed by atoms with Gasteiger partial charge in [0.25, 0.3) is 5.91 Å². The fourth-order valence-electron chi connectivity index (χ4n) is 4.26. The molecule has 1 aliphatic carbocycles. The highest BCUT2D eigenvalue weighted by molar-refractivity contribution is 6.29. The zero-order valence-electron chi connectivity index (χ0n) is 16.4. The van der Waals surface area contributed by atoms with Crippen LogP contribution in [0.5, 0.6) is 0 Å². The van der Waals surface area contributed by atoms with Gasteiger partial charge in [-0.25, -0.2) is 0 Å². The van der Waals surface area contributed by atoms with E-state index in [4.69, 9.17) is 16.3 Å². The summed E-state index contributed by atoms with van der Waals surface area (Å²) >= 11 is 6.04. The lowest BCUT2D eigenvalue weighted by Gasteiger charge is -2.44. The third-order valence-corrected chi connectivity index (χ3v) is 6.30. The van der Waals surface area contributed by atoms with Gasteiger partial charge in [0, 0.05) is 46.4 Å². The van der Waals surface area contributed by atoms with Gasteiger partial charge in [0.15, 0.2) is 5.69 Å². The minimum Gasteiger partial charge on any atom is -0.384 e. The molecule has 0 unspecified atom stereocenters. The number of likely N-dealkylation sites (N-methyl/N-ethyl adjacent to an activating group) is 1. The number of piperidine rings is 1. The Morgan fingerprint density at radius 3 is 2.67 bits per heavy atom. The number of carbonyl (C=O) groups is 2. The summed E-state index contributed by atoms with van der Waals surface area (Å²) in [7, 11) is 5.20. The van der Waals surface area contributed by atoms with Crippen molar-refractivity contribution in [3.63, 3.8) is 0 Å². The van der Waals surface area contributed by atoms with Crippen molar-refractivity contribution in [1.29, 1.82) is 0 Å². The molecule has 27 heavy (non-hydrogen) atoms. The van der Waals surface area contributed by atoms with Crippen LogP contribution in [-0.4, -0.2) is 71.3 Å². The van der Waals surface area contributed by atoms with E-state index < -0.39 is 0 Å². The van der Waals surface area contributed by atoms with Crippen LogP contribution in [0.25, 0.3) is 0 Å². The first-order valence-electron chi connectivity index (χ1n) is 9.63. The van der Waals surface area contributed by atoms with Crippen LogP contribution >= 0.6 is 11.6 Å². The second kappa shape index (κ2) is 8.19. The van der Waals surface area contributed by atoms with Crippen LogP contribution < -0.4 is 0 Å². The largest absolute Gasteiger partial charge is 0.384 e. The fraction of sp³-hybridized carbons (Fsp3) is 0.737. The molecule has 3 rings (SSSR count). The summed E-state index contributed by atoms with van der Waals surface area (Å²) in [6, 6.07) is 1.60. The Bertz CT molecular complexity index is 682. The predicted molar refractivity (Wildman–Crippen MR) is 103 cm³/mol. The molecule has 1 atom stereocenters. The van der Waals surface area contributed by atoms with E-state index in [9.17, 15) is 9.59 Å². The molecule has 0 bridgehead atoms. The van der Waals surface area contributed by atoms with Crippen molar-refractivity contribution in [3.05, 3.63) is 16.9 Å². The molecule has 150 valence electrons. The first-order chi connectivity index (χ1) is 12.9. The topological polar surface area (TPSA) is 67.7 Å². The summed E-state index contributed by atoms with van der Waals surface area (Å²) in [5, 5.41) is 4.65. The maximum Gasteiger partial charge on any atom is 0.274 e. The Balaban J connectivity index is 1.70. The van der Waals surface area contributed by atoms with Gasteiger partial charge in [0.05, 0.1) is 12.0 Å². The molecule has 2 heterocycles. The highest BCUT2D eigenvalue weighted by Crippen LogP contribution is 2.42. The number of carbonyl (C=O) groups excluding carboxylic acids is 2. The van der Waals surface area contributed by atoms with Gasteiger partial charge >= 0.3 is 0 Å². The molecule has 7 nitrogen and oxygen atoms in total. The van der Waals surface area contributed by atoms with Gasteiger partial charge in [-0.3, -0.25) is 14.3 Å². The summed E-state index contributed by atoms with van der Waals surface area (Å²) in [5.74, 6) is 0.0211. The van der Waals surface area contributed by atoms with Crippen molar-refractivity contribution in [3.8, 4) is 0 Å². The quantitative estimate of drug-likeness (QED) is 0.740. The van der Waals surface area contributed by atoms with Crippen LogP contribution in [0.1, 0.15) is 49.0 Å². The van der Waals surface area contributed by atoms with E-state index in [-0.39, 0.29) is 23.3 Å². The maximum absolute atomic E-state index is 13.0. The van der Waals surface area contributed by atoms with Crippen molar-refractivity contribution < 1.29 is 14.3 Å². The lowest BCUT2D eigenvalue weighted by Crippen LogP contribution is -2.54. The average molecular weight is 397 g/mol. The first-order valence-corrected chi connectivity index (χ1v) is 10.0. The number of hydrogen-bond acceptors (Lipinski definition) is 4. The number of aromatic nitrogens is 2. The number of likely N-dealkylation sites (tertiary alicyclic amines) is 1. The first kappa shape index (κ1) is 20.1. The van der Waals surface area contributed by atoms with Crippen LogP contribution in [0.3, 0.4) is 0 Å². The molecule has 2 amide bonds. The molecule has 1 aliphatic heterocycles. The van der Waals surface area contributed by atoms with Crippen molar-refractivity contribution in [1.82, 2.24) is 19.6 Å². The smallest absolute Gasteiger partial charge is 0.274 e. The van der Waals surface area contributed by atoms with E-state index in [1.165, 1.54) is 4.68 Å². The number of halogens is 1. The standard InChI is InChI=1S/C19H29ClN4O3/c1-22(18(26)19(13-27-3)8-6-9-19)12-14-7-4-5-10-24(14)17(25)15-11-16(20)23(2)21-15/h11,14H,4-10,12-13H2,1-3H3/t14-/m1/s1. The summed E-state index contributed by atoms with van der Waals surface area (Å²) in [6.45, 7) is 1.69. The van der Waals surface area contributed by atoms with Crippen LogP contribution in [0.4, 0.5) is 0 Å². The molecule has 2 fully saturated rings. The predicted octanol–water partition coefficient (Wildman–Crippen LogP) is 2.34. The number of nitrogens with zero attached hydrogens (tertiary/aromatic N) is 4. The Labute approximate surface area is 165 Å². The zero-order valence-corrected chi connectivity index (χ0v) is 17.2. The highest BCUT2D eigenvalue weighted by atomic mass is 35.5. The van der Waals surface area contributed by atoms with Gasteiger partial charge in [0.2, 0.25) is 5.91 Å². The third kappa shape index (κ3) is 3.99. The molecular formula is C19H29ClN4O3. The van der Waals surface area contributed by atoms with Crippen LogP contribution in [0, 0.1) is 5.41 Å². The minimum atomic E-state index is -0.373. The molecular weight excluding hydrogens is 368 g/mol. The Morgan fingerprint density at radius 1 is 1.37 bits per heavy atom. The molecule has 1 aromatic rings. The van der Waals surface area contributed by atoms with Crippen LogP contribution in [0.2, 0.25) is 5.15 Å². The normalized spacial score (nSPS) is 21.6. The Morgan fingerprint density at radius 2 is 2.11 bits per heavy atom. The second-order valence-electron chi connectivity index (χ2n) is 7.88. The van der Waals surface area contributed by atoms with E-state index in [0.29, 0.717) is 30.5 Å². The summed E-state index contributed by atoms with van der Waals surface area (Å²) < 4.78 is 6.80. The lowest BCUT2D eigenvalue weighted by molar-refractivity contribution is -0.151. The lowest BCUT2D eigenvalue weighted by atomic mass is 9.68. The third-order valence-electron chi connectivity index (χ3n) is 5.95. The van der Waals surface area contributed by atoms with Crippen molar-refractivity contribution in [2.24, 2.45) is 12.5 Å².